The maximum atomic E-state index is 12.5. The van der Waals surface area contributed by atoms with Gasteiger partial charge in [0.15, 0.2) is 0 Å². The molecule has 0 saturated carbocycles. The number of nitrogens with two attached hydrogens (primary N) is 1. The lowest BCUT2D eigenvalue weighted by Crippen LogP contribution is -2.41. The molecule has 0 unspecified atom stereocenters. The number of anilines is 1. The summed E-state index contributed by atoms with van der Waals surface area (Å²) in [7, 11) is 0. The van der Waals surface area contributed by atoms with Gasteiger partial charge >= 0.3 is 5.97 Å². The fourth-order valence-electron chi connectivity index (χ4n) is 1.74. The second-order valence-electron chi connectivity index (χ2n) is 4.61. The molecule has 1 aromatic rings. The van der Waals surface area contributed by atoms with Crippen molar-refractivity contribution in [2.75, 3.05) is 18.9 Å². The molecule has 1 aromatic carbocycles. The molecule has 0 saturated heterocycles. The van der Waals surface area contributed by atoms with Gasteiger partial charge in [0.2, 0.25) is 0 Å². The van der Waals surface area contributed by atoms with Crippen LogP contribution < -0.4 is 5.73 Å². The van der Waals surface area contributed by atoms with Crippen LogP contribution in [0.25, 0.3) is 0 Å². The van der Waals surface area contributed by atoms with Crippen LogP contribution in [0, 0.1) is 0 Å². The van der Waals surface area contributed by atoms with Gasteiger partial charge in [-0.25, -0.2) is 0 Å². The number of ether oxygens (including phenoxy) is 1. The van der Waals surface area contributed by atoms with Crippen LogP contribution in [0.4, 0.5) is 5.69 Å². The van der Waals surface area contributed by atoms with Gasteiger partial charge < -0.3 is 15.4 Å². The number of amides is 1. The monoisotopic (exact) mass is 342 g/mol. The van der Waals surface area contributed by atoms with Gasteiger partial charge in [-0.3, -0.25) is 9.59 Å². The minimum Gasteiger partial charge on any atom is -0.465 e. The first-order valence-electron chi connectivity index (χ1n) is 6.37. The van der Waals surface area contributed by atoms with Gasteiger partial charge in [-0.15, -0.1) is 0 Å². The van der Waals surface area contributed by atoms with Crippen molar-refractivity contribution in [3.63, 3.8) is 0 Å². The second-order valence-corrected chi connectivity index (χ2v) is 5.52. The average Bonchev–Trinajstić information content (AvgIpc) is 2.34. The van der Waals surface area contributed by atoms with E-state index in [1.165, 1.54) is 4.90 Å². The van der Waals surface area contributed by atoms with Crippen molar-refractivity contribution in [2.45, 2.75) is 26.8 Å². The molecule has 0 aromatic heterocycles. The minimum absolute atomic E-state index is 0.0727. The van der Waals surface area contributed by atoms with E-state index in [0.717, 1.165) is 4.47 Å². The summed E-state index contributed by atoms with van der Waals surface area (Å²) in [4.78, 5) is 25.5. The SMILES string of the molecule is CCOC(=O)CN(C(=O)c1cc(N)cc(Br)c1)C(C)C. The summed E-state index contributed by atoms with van der Waals surface area (Å²) < 4.78 is 5.61. The molecule has 0 spiro atoms. The summed E-state index contributed by atoms with van der Waals surface area (Å²) in [5.74, 6) is -0.668. The van der Waals surface area contributed by atoms with Crippen molar-refractivity contribution in [3.05, 3.63) is 28.2 Å². The Kier molecular flexibility index (Phi) is 6.01. The highest BCUT2D eigenvalue weighted by Crippen LogP contribution is 2.19. The molecule has 0 atom stereocenters. The molecule has 6 heteroatoms. The zero-order chi connectivity index (χ0) is 15.3. The third kappa shape index (κ3) is 4.52. The fraction of sp³-hybridized carbons (Fsp3) is 0.429. The van der Waals surface area contributed by atoms with E-state index in [0.29, 0.717) is 17.9 Å². The fourth-order valence-corrected chi connectivity index (χ4v) is 2.25. The number of carbonyl (C=O) groups excluding carboxylic acids is 2. The van der Waals surface area contributed by atoms with E-state index in [4.69, 9.17) is 10.5 Å². The third-order valence-corrected chi connectivity index (χ3v) is 3.11. The van der Waals surface area contributed by atoms with E-state index in [1.54, 1.807) is 25.1 Å². The third-order valence-electron chi connectivity index (χ3n) is 2.66. The predicted molar refractivity (Wildman–Crippen MR) is 81.4 cm³/mol. The van der Waals surface area contributed by atoms with Crippen molar-refractivity contribution >= 4 is 33.5 Å². The number of hydrogen-bond donors (Lipinski definition) is 1. The van der Waals surface area contributed by atoms with Crippen LogP contribution >= 0.6 is 15.9 Å². The van der Waals surface area contributed by atoms with Gasteiger partial charge in [0, 0.05) is 21.8 Å². The van der Waals surface area contributed by atoms with E-state index >= 15 is 0 Å². The largest absolute Gasteiger partial charge is 0.465 e. The molecule has 0 bridgehead atoms. The van der Waals surface area contributed by atoms with E-state index in [1.807, 2.05) is 13.8 Å². The van der Waals surface area contributed by atoms with E-state index in [2.05, 4.69) is 15.9 Å². The molecule has 0 aliphatic carbocycles. The Hall–Kier alpha value is -1.56. The van der Waals surface area contributed by atoms with Crippen molar-refractivity contribution in [2.24, 2.45) is 0 Å². The first-order chi connectivity index (χ1) is 9.35. The maximum absolute atomic E-state index is 12.5. The molecule has 1 amide bonds. The van der Waals surface area contributed by atoms with Crippen LogP contribution in [0.5, 0.6) is 0 Å². The first kappa shape index (κ1) is 16.5. The van der Waals surface area contributed by atoms with Gasteiger partial charge in [-0.2, -0.15) is 0 Å². The molecular formula is C14H19BrN2O3. The van der Waals surface area contributed by atoms with Gasteiger partial charge in [0.25, 0.3) is 5.91 Å². The summed E-state index contributed by atoms with van der Waals surface area (Å²) >= 11 is 3.30. The number of halogens is 1. The van der Waals surface area contributed by atoms with Crippen LogP contribution in [0.1, 0.15) is 31.1 Å². The van der Waals surface area contributed by atoms with Crippen molar-refractivity contribution in [1.29, 1.82) is 0 Å². The molecule has 20 heavy (non-hydrogen) atoms. The van der Waals surface area contributed by atoms with Crippen LogP contribution in [0.3, 0.4) is 0 Å². The van der Waals surface area contributed by atoms with Crippen LogP contribution in [-0.2, 0) is 9.53 Å². The maximum Gasteiger partial charge on any atom is 0.325 e. The first-order valence-corrected chi connectivity index (χ1v) is 7.17. The van der Waals surface area contributed by atoms with Crippen LogP contribution in [-0.4, -0.2) is 36.0 Å². The van der Waals surface area contributed by atoms with Crippen molar-refractivity contribution in [1.82, 2.24) is 4.90 Å². The smallest absolute Gasteiger partial charge is 0.325 e. The van der Waals surface area contributed by atoms with Gasteiger partial charge in [-0.05, 0) is 39.0 Å². The Bertz CT molecular complexity index is 483. The quantitative estimate of drug-likeness (QED) is 0.658. The Morgan fingerprint density at radius 1 is 1.35 bits per heavy atom. The molecule has 0 radical (unpaired) electrons. The lowest BCUT2D eigenvalue weighted by atomic mass is 10.1. The number of benzene rings is 1. The molecule has 0 aliphatic rings. The van der Waals surface area contributed by atoms with Crippen LogP contribution in [0.15, 0.2) is 22.7 Å². The van der Waals surface area contributed by atoms with Crippen molar-refractivity contribution < 1.29 is 14.3 Å². The second kappa shape index (κ2) is 7.28. The Balaban J connectivity index is 2.96. The highest BCUT2D eigenvalue weighted by molar-refractivity contribution is 9.10. The summed E-state index contributed by atoms with van der Waals surface area (Å²) in [6.07, 6.45) is 0. The van der Waals surface area contributed by atoms with E-state index in [-0.39, 0.29) is 18.5 Å². The van der Waals surface area contributed by atoms with Gasteiger partial charge in [0.1, 0.15) is 6.54 Å². The highest BCUT2D eigenvalue weighted by atomic mass is 79.9. The molecule has 110 valence electrons. The standard InChI is InChI=1S/C14H19BrN2O3/c1-4-20-13(18)8-17(9(2)3)14(19)10-5-11(15)7-12(16)6-10/h5-7,9H,4,8,16H2,1-3H3. The number of rotatable bonds is 5. The molecule has 0 fully saturated rings. The van der Waals surface area contributed by atoms with E-state index < -0.39 is 5.97 Å². The van der Waals surface area contributed by atoms with Crippen molar-refractivity contribution in [3.8, 4) is 0 Å². The number of hydrogen-bond acceptors (Lipinski definition) is 4. The molecule has 1 rings (SSSR count). The predicted octanol–water partition coefficient (Wildman–Crippen LogP) is 2.45. The molecular weight excluding hydrogens is 324 g/mol. The van der Waals surface area contributed by atoms with Crippen LogP contribution in [0.2, 0.25) is 0 Å². The Labute approximate surface area is 127 Å². The number of nitrogens with zero attached hydrogens (tertiary/aromatic N) is 1. The highest BCUT2D eigenvalue weighted by Gasteiger charge is 2.22. The van der Waals surface area contributed by atoms with Gasteiger partial charge in [-0.1, -0.05) is 15.9 Å². The molecule has 0 aliphatic heterocycles. The van der Waals surface area contributed by atoms with E-state index in [9.17, 15) is 9.59 Å². The zero-order valence-corrected chi connectivity index (χ0v) is 13.4. The Morgan fingerprint density at radius 3 is 2.50 bits per heavy atom. The normalized spacial score (nSPS) is 10.4. The lowest BCUT2D eigenvalue weighted by Gasteiger charge is -2.26. The molecule has 0 heterocycles. The number of carbonyl (C=O) groups is 2. The summed E-state index contributed by atoms with van der Waals surface area (Å²) in [5, 5.41) is 0. The zero-order valence-electron chi connectivity index (χ0n) is 11.9. The minimum atomic E-state index is -0.419. The summed E-state index contributed by atoms with van der Waals surface area (Å²) in [5.41, 5.74) is 6.66. The topological polar surface area (TPSA) is 72.6 Å². The summed E-state index contributed by atoms with van der Waals surface area (Å²) in [6, 6.07) is 4.86. The molecule has 5 nitrogen and oxygen atoms in total. The Morgan fingerprint density at radius 2 is 2.00 bits per heavy atom. The van der Waals surface area contributed by atoms with Gasteiger partial charge in [0.05, 0.1) is 6.61 Å². The summed E-state index contributed by atoms with van der Waals surface area (Å²) in [6.45, 7) is 5.64. The number of esters is 1. The molecule has 2 N–H and O–H groups in total. The average molecular weight is 343 g/mol. The number of nitrogen functional groups attached to an aromatic ring is 1. The lowest BCUT2D eigenvalue weighted by molar-refractivity contribution is -0.144.